The number of hydrogen-bond acceptors (Lipinski definition) is 6. The number of nitrogens with zero attached hydrogens (tertiary/aromatic N) is 2. The van der Waals surface area contributed by atoms with Crippen LogP contribution in [0.15, 0.2) is 34.9 Å². The summed E-state index contributed by atoms with van der Waals surface area (Å²) in [5.41, 5.74) is 0.765. The molecule has 3 unspecified atom stereocenters. The number of benzene rings is 1. The molecule has 20 heavy (non-hydrogen) atoms. The zero-order valence-corrected chi connectivity index (χ0v) is 12.7. The first-order valence-corrected chi connectivity index (χ1v) is 8.65. The Morgan fingerprint density at radius 3 is 2.75 bits per heavy atom. The van der Waals surface area contributed by atoms with E-state index in [4.69, 9.17) is 4.52 Å². The number of aliphatic hydroxyl groups excluding tert-OH is 1. The van der Waals surface area contributed by atoms with Gasteiger partial charge in [-0.25, -0.2) is 0 Å². The Kier molecular flexibility index (Phi) is 4.33. The Bertz CT molecular complexity index is 561. The van der Waals surface area contributed by atoms with E-state index in [9.17, 15) is 5.11 Å². The summed E-state index contributed by atoms with van der Waals surface area (Å²) in [7, 11) is 0. The average Bonchev–Trinajstić information content (AvgIpc) is 2.97. The van der Waals surface area contributed by atoms with Gasteiger partial charge in [0, 0.05) is 16.8 Å². The fraction of sp³-hybridized carbons (Fsp3) is 0.429. The summed E-state index contributed by atoms with van der Waals surface area (Å²) in [6.07, 6.45) is -0.853. The Hall–Kier alpha value is -0.980. The molecule has 106 valence electrons. The molecule has 0 bridgehead atoms. The molecule has 1 saturated heterocycles. The van der Waals surface area contributed by atoms with Gasteiger partial charge in [0.2, 0.25) is 0 Å². The number of rotatable bonds is 3. The second kappa shape index (κ2) is 6.20. The van der Waals surface area contributed by atoms with Crippen molar-refractivity contribution in [2.75, 3.05) is 11.5 Å². The molecule has 2 aromatic rings. The van der Waals surface area contributed by atoms with E-state index < -0.39 is 6.10 Å². The molecule has 1 N–H and O–H groups in total. The SMILES string of the molecule is CC1SCCSC1c1noc(C(O)c2ccccc2)n1. The van der Waals surface area contributed by atoms with E-state index in [0.717, 1.165) is 11.3 Å². The number of aliphatic hydroxyl groups is 1. The fourth-order valence-corrected chi connectivity index (χ4v) is 4.85. The number of hydrogen-bond donors (Lipinski definition) is 1. The fourth-order valence-electron chi connectivity index (χ4n) is 2.17. The summed E-state index contributed by atoms with van der Waals surface area (Å²) >= 11 is 3.79. The monoisotopic (exact) mass is 308 g/mol. The minimum atomic E-state index is -0.853. The largest absolute Gasteiger partial charge is 0.378 e. The lowest BCUT2D eigenvalue weighted by Gasteiger charge is -2.24. The second-order valence-electron chi connectivity index (χ2n) is 4.67. The zero-order valence-electron chi connectivity index (χ0n) is 11.1. The lowest BCUT2D eigenvalue weighted by atomic mass is 10.1. The summed E-state index contributed by atoms with van der Waals surface area (Å²) in [5, 5.41) is 15.0. The quantitative estimate of drug-likeness (QED) is 0.940. The van der Waals surface area contributed by atoms with Crippen LogP contribution < -0.4 is 0 Å². The molecule has 3 rings (SSSR count). The van der Waals surface area contributed by atoms with Crippen LogP contribution in [0, 0.1) is 0 Å². The highest BCUT2D eigenvalue weighted by Gasteiger charge is 2.29. The van der Waals surface area contributed by atoms with Crippen LogP contribution in [-0.4, -0.2) is 32.0 Å². The Morgan fingerprint density at radius 1 is 1.25 bits per heavy atom. The van der Waals surface area contributed by atoms with Crippen molar-refractivity contribution in [1.29, 1.82) is 0 Å². The maximum atomic E-state index is 10.3. The maximum Gasteiger partial charge on any atom is 0.260 e. The van der Waals surface area contributed by atoms with Gasteiger partial charge < -0.3 is 9.63 Å². The van der Waals surface area contributed by atoms with Crippen LogP contribution in [0.3, 0.4) is 0 Å². The first kappa shape index (κ1) is 14.0. The van der Waals surface area contributed by atoms with Crippen molar-refractivity contribution >= 4 is 23.5 Å². The molecule has 0 saturated carbocycles. The molecule has 3 atom stereocenters. The summed E-state index contributed by atoms with van der Waals surface area (Å²) < 4.78 is 5.25. The van der Waals surface area contributed by atoms with Gasteiger partial charge in [-0.3, -0.25) is 0 Å². The van der Waals surface area contributed by atoms with Gasteiger partial charge in [0.15, 0.2) is 11.9 Å². The Morgan fingerprint density at radius 2 is 2.00 bits per heavy atom. The topological polar surface area (TPSA) is 59.2 Å². The van der Waals surface area contributed by atoms with Crippen molar-refractivity contribution in [1.82, 2.24) is 10.1 Å². The van der Waals surface area contributed by atoms with Crippen LogP contribution in [0.4, 0.5) is 0 Å². The average molecular weight is 308 g/mol. The maximum absolute atomic E-state index is 10.3. The van der Waals surface area contributed by atoms with Crippen molar-refractivity contribution < 1.29 is 9.63 Å². The molecule has 1 aliphatic heterocycles. The summed E-state index contributed by atoms with van der Waals surface area (Å²) in [6, 6.07) is 9.37. The predicted molar refractivity (Wildman–Crippen MR) is 81.9 cm³/mol. The van der Waals surface area contributed by atoms with Crippen molar-refractivity contribution in [2.45, 2.75) is 23.5 Å². The van der Waals surface area contributed by atoms with Gasteiger partial charge in [0.25, 0.3) is 5.89 Å². The number of aromatic nitrogens is 2. The van der Waals surface area contributed by atoms with Crippen LogP contribution in [-0.2, 0) is 0 Å². The third-order valence-corrected chi connectivity index (χ3v) is 6.34. The molecule has 1 aromatic heterocycles. The van der Waals surface area contributed by atoms with Gasteiger partial charge in [0.1, 0.15) is 0 Å². The minimum Gasteiger partial charge on any atom is -0.378 e. The standard InChI is InChI=1S/C14H16N2O2S2/c1-9-12(20-8-7-19-9)13-15-14(18-16-13)11(17)10-5-3-2-4-6-10/h2-6,9,11-12,17H,7-8H2,1H3. The molecule has 0 aliphatic carbocycles. The highest BCUT2D eigenvalue weighted by atomic mass is 32.2. The molecule has 1 aliphatic rings. The van der Waals surface area contributed by atoms with Crippen molar-refractivity contribution in [3.63, 3.8) is 0 Å². The molecule has 0 amide bonds. The Balaban J connectivity index is 1.79. The van der Waals surface area contributed by atoms with E-state index in [0.29, 0.717) is 11.1 Å². The van der Waals surface area contributed by atoms with Gasteiger partial charge in [-0.05, 0) is 5.56 Å². The smallest absolute Gasteiger partial charge is 0.260 e. The summed E-state index contributed by atoms with van der Waals surface area (Å²) in [4.78, 5) is 4.40. The van der Waals surface area contributed by atoms with E-state index in [-0.39, 0.29) is 11.1 Å². The molecule has 1 fully saturated rings. The number of thioether (sulfide) groups is 2. The summed E-state index contributed by atoms with van der Waals surface area (Å²) in [5.74, 6) is 3.24. The van der Waals surface area contributed by atoms with E-state index in [1.54, 1.807) is 0 Å². The molecule has 2 heterocycles. The van der Waals surface area contributed by atoms with Crippen molar-refractivity contribution in [3.8, 4) is 0 Å². The third kappa shape index (κ3) is 2.87. The second-order valence-corrected chi connectivity index (χ2v) is 7.41. The van der Waals surface area contributed by atoms with Gasteiger partial charge >= 0.3 is 0 Å². The normalized spacial score (nSPS) is 24.5. The van der Waals surface area contributed by atoms with Crippen LogP contribution in [0.2, 0.25) is 0 Å². The van der Waals surface area contributed by atoms with Crippen LogP contribution >= 0.6 is 23.5 Å². The first-order chi connectivity index (χ1) is 9.75. The van der Waals surface area contributed by atoms with Crippen molar-refractivity contribution in [3.05, 3.63) is 47.6 Å². The van der Waals surface area contributed by atoms with Gasteiger partial charge in [-0.15, -0.1) is 11.8 Å². The molecule has 1 aromatic carbocycles. The van der Waals surface area contributed by atoms with E-state index in [2.05, 4.69) is 17.1 Å². The van der Waals surface area contributed by atoms with E-state index in [1.165, 1.54) is 5.75 Å². The van der Waals surface area contributed by atoms with E-state index in [1.807, 2.05) is 53.9 Å². The lowest BCUT2D eigenvalue weighted by Crippen LogP contribution is -2.17. The van der Waals surface area contributed by atoms with E-state index >= 15 is 0 Å². The highest BCUT2D eigenvalue weighted by Crippen LogP contribution is 2.41. The molecule has 4 nitrogen and oxygen atoms in total. The molecular weight excluding hydrogens is 292 g/mol. The van der Waals surface area contributed by atoms with Crippen LogP contribution in [0.5, 0.6) is 0 Å². The summed E-state index contributed by atoms with van der Waals surface area (Å²) in [6.45, 7) is 2.19. The van der Waals surface area contributed by atoms with Gasteiger partial charge in [-0.2, -0.15) is 16.7 Å². The lowest BCUT2D eigenvalue weighted by molar-refractivity contribution is 0.170. The zero-order chi connectivity index (χ0) is 13.9. The molecule has 0 radical (unpaired) electrons. The first-order valence-electron chi connectivity index (χ1n) is 6.55. The van der Waals surface area contributed by atoms with Crippen LogP contribution in [0.1, 0.15) is 35.6 Å². The third-order valence-electron chi connectivity index (χ3n) is 3.25. The molecule has 6 heteroatoms. The minimum absolute atomic E-state index is 0.245. The van der Waals surface area contributed by atoms with Gasteiger partial charge in [-0.1, -0.05) is 42.4 Å². The highest BCUT2D eigenvalue weighted by molar-refractivity contribution is 8.06. The predicted octanol–water partition coefficient (Wildman–Crippen LogP) is 3.06. The molecular formula is C14H16N2O2S2. The van der Waals surface area contributed by atoms with Crippen molar-refractivity contribution in [2.24, 2.45) is 0 Å². The Labute approximate surface area is 126 Å². The van der Waals surface area contributed by atoms with Gasteiger partial charge in [0.05, 0.1) is 5.25 Å². The molecule has 0 spiro atoms. The van der Waals surface area contributed by atoms with Crippen LogP contribution in [0.25, 0.3) is 0 Å².